The molecule has 3 aromatic heterocycles. The van der Waals surface area contributed by atoms with Gasteiger partial charge in [0.1, 0.15) is 12.0 Å². The number of hydrogen-bond donors (Lipinski definition) is 2. The highest BCUT2D eigenvalue weighted by Crippen LogP contribution is 2.36. The number of carbonyl (C=O) groups is 1. The molecule has 154 valence electrons. The highest BCUT2D eigenvalue weighted by atomic mass is 16.5. The lowest BCUT2D eigenvalue weighted by atomic mass is 10.2. The first-order chi connectivity index (χ1) is 15.2. The van der Waals surface area contributed by atoms with Crippen molar-refractivity contribution < 1.29 is 14.3 Å². The van der Waals surface area contributed by atoms with Gasteiger partial charge in [0.25, 0.3) is 5.91 Å². The van der Waals surface area contributed by atoms with Gasteiger partial charge in [-0.15, -0.1) is 5.10 Å². The Kier molecular flexibility index (Phi) is 4.47. The quantitative estimate of drug-likeness (QED) is 0.455. The van der Waals surface area contributed by atoms with E-state index in [-0.39, 0.29) is 5.91 Å². The first-order valence-corrected chi connectivity index (χ1v) is 9.49. The molecule has 3 heterocycles. The number of ether oxygens (including phenoxy) is 2. The van der Waals surface area contributed by atoms with Gasteiger partial charge in [0.15, 0.2) is 23.1 Å². The number of aromatic amines is 1. The molecule has 2 N–H and O–H groups in total. The van der Waals surface area contributed by atoms with Gasteiger partial charge < -0.3 is 19.8 Å². The number of nitrogens with one attached hydrogen (secondary N) is 2. The number of aromatic nitrogens is 5. The number of anilines is 1. The number of nitrogens with zero attached hydrogens (tertiary/aromatic N) is 4. The largest absolute Gasteiger partial charge is 0.493 e. The van der Waals surface area contributed by atoms with E-state index >= 15 is 0 Å². The first kappa shape index (κ1) is 18.6. The van der Waals surface area contributed by atoms with Crippen LogP contribution in [0.25, 0.3) is 27.8 Å². The highest BCUT2D eigenvalue weighted by Gasteiger charge is 2.17. The zero-order valence-electron chi connectivity index (χ0n) is 16.8. The van der Waals surface area contributed by atoms with E-state index in [0.717, 1.165) is 16.3 Å². The smallest absolute Gasteiger partial charge is 0.256 e. The van der Waals surface area contributed by atoms with Crippen LogP contribution in [0.15, 0.2) is 61.1 Å². The minimum atomic E-state index is -0.234. The second-order valence-corrected chi connectivity index (χ2v) is 6.76. The maximum Gasteiger partial charge on any atom is 0.256 e. The van der Waals surface area contributed by atoms with Gasteiger partial charge in [-0.25, -0.2) is 14.6 Å². The van der Waals surface area contributed by atoms with Crippen LogP contribution in [0.5, 0.6) is 11.5 Å². The van der Waals surface area contributed by atoms with Gasteiger partial charge in [-0.2, -0.15) is 0 Å². The molecule has 9 heteroatoms. The van der Waals surface area contributed by atoms with Crippen LogP contribution in [0, 0.1) is 0 Å². The van der Waals surface area contributed by atoms with Crippen LogP contribution in [0.1, 0.15) is 10.4 Å². The van der Waals surface area contributed by atoms with Crippen LogP contribution >= 0.6 is 0 Å². The molecule has 0 aliphatic heterocycles. The molecule has 0 unspecified atom stereocenters. The van der Waals surface area contributed by atoms with Crippen molar-refractivity contribution in [1.29, 1.82) is 0 Å². The summed E-state index contributed by atoms with van der Waals surface area (Å²) in [6.07, 6.45) is 3.20. The van der Waals surface area contributed by atoms with E-state index < -0.39 is 0 Å². The number of rotatable bonds is 5. The van der Waals surface area contributed by atoms with Gasteiger partial charge in [0.05, 0.1) is 25.1 Å². The normalized spacial score (nSPS) is 11.0. The highest BCUT2D eigenvalue weighted by molar-refractivity contribution is 6.10. The molecule has 0 aliphatic carbocycles. The zero-order chi connectivity index (χ0) is 21.4. The van der Waals surface area contributed by atoms with Crippen molar-refractivity contribution >= 4 is 33.7 Å². The zero-order valence-corrected chi connectivity index (χ0v) is 16.8. The number of H-pyrrole nitrogens is 1. The van der Waals surface area contributed by atoms with E-state index in [4.69, 9.17) is 9.47 Å². The third-order valence-electron chi connectivity index (χ3n) is 4.96. The minimum absolute atomic E-state index is 0.234. The lowest BCUT2D eigenvalue weighted by molar-refractivity contribution is 0.102. The van der Waals surface area contributed by atoms with Gasteiger partial charge in [0.2, 0.25) is 0 Å². The molecule has 2 aromatic carbocycles. The van der Waals surface area contributed by atoms with Crippen LogP contribution in [0.2, 0.25) is 0 Å². The predicted molar refractivity (Wildman–Crippen MR) is 116 cm³/mol. The predicted octanol–water partition coefficient (Wildman–Crippen LogP) is 3.57. The van der Waals surface area contributed by atoms with E-state index in [0.29, 0.717) is 34.3 Å². The van der Waals surface area contributed by atoms with E-state index in [1.165, 1.54) is 6.33 Å². The third kappa shape index (κ3) is 3.21. The second-order valence-electron chi connectivity index (χ2n) is 6.76. The number of benzene rings is 2. The summed E-state index contributed by atoms with van der Waals surface area (Å²) in [7, 11) is 3.18. The minimum Gasteiger partial charge on any atom is -0.493 e. The molecule has 0 radical (unpaired) electrons. The summed E-state index contributed by atoms with van der Waals surface area (Å²) in [5.74, 6) is 1.97. The summed E-state index contributed by atoms with van der Waals surface area (Å²) in [5, 5.41) is 8.93. The van der Waals surface area contributed by atoms with Crippen molar-refractivity contribution in [3.63, 3.8) is 0 Å². The van der Waals surface area contributed by atoms with Gasteiger partial charge in [-0.3, -0.25) is 4.79 Å². The lowest BCUT2D eigenvalue weighted by Gasteiger charge is -2.07. The van der Waals surface area contributed by atoms with Crippen molar-refractivity contribution in [1.82, 2.24) is 24.7 Å². The Morgan fingerprint density at radius 2 is 1.81 bits per heavy atom. The fraction of sp³-hybridized carbons (Fsp3) is 0.0909. The average molecular weight is 414 g/mol. The topological polar surface area (TPSA) is 107 Å². The Labute approximate surface area is 176 Å². The van der Waals surface area contributed by atoms with Crippen LogP contribution in [0.3, 0.4) is 0 Å². The molecule has 5 aromatic rings. The van der Waals surface area contributed by atoms with Gasteiger partial charge >= 0.3 is 0 Å². The summed E-state index contributed by atoms with van der Waals surface area (Å²) in [6.45, 7) is 0. The molecular weight excluding hydrogens is 396 g/mol. The molecule has 5 rings (SSSR count). The van der Waals surface area contributed by atoms with Gasteiger partial charge in [0, 0.05) is 29.3 Å². The second kappa shape index (κ2) is 7.45. The van der Waals surface area contributed by atoms with Crippen molar-refractivity contribution in [2.45, 2.75) is 0 Å². The Morgan fingerprint density at radius 1 is 1.03 bits per heavy atom. The standard InChI is InChI=1S/C22H18N6O3/c1-30-16-10-14-15(11-17(16)31-2)25-20-19(14)21(24-12-23-20)28-9-8-18(27-28)26-22(29)13-6-4-3-5-7-13/h3-12H,1-2H3,(H,23,24,25)(H,26,27,29). The maximum atomic E-state index is 12.4. The van der Waals surface area contributed by atoms with E-state index in [2.05, 4.69) is 25.4 Å². The molecule has 9 nitrogen and oxygen atoms in total. The van der Waals surface area contributed by atoms with Crippen LogP contribution in [0.4, 0.5) is 5.82 Å². The van der Waals surface area contributed by atoms with E-state index in [9.17, 15) is 4.79 Å². The van der Waals surface area contributed by atoms with E-state index in [1.807, 2.05) is 30.3 Å². The van der Waals surface area contributed by atoms with Crippen LogP contribution in [-0.2, 0) is 0 Å². The monoisotopic (exact) mass is 414 g/mol. The van der Waals surface area contributed by atoms with Crippen molar-refractivity contribution in [3.05, 3.63) is 66.6 Å². The van der Waals surface area contributed by atoms with E-state index in [1.54, 1.807) is 43.3 Å². The fourth-order valence-corrected chi connectivity index (χ4v) is 3.50. The molecule has 0 aliphatic rings. The number of fused-ring (bicyclic) bond motifs is 3. The molecular formula is C22H18N6O3. The Bertz CT molecular complexity index is 1410. The van der Waals surface area contributed by atoms with Gasteiger partial charge in [-0.05, 0) is 18.2 Å². The van der Waals surface area contributed by atoms with Crippen LogP contribution < -0.4 is 14.8 Å². The Morgan fingerprint density at radius 3 is 2.58 bits per heavy atom. The van der Waals surface area contributed by atoms with Crippen molar-refractivity contribution in [3.8, 4) is 17.3 Å². The lowest BCUT2D eigenvalue weighted by Crippen LogP contribution is -2.12. The molecule has 0 bridgehead atoms. The summed E-state index contributed by atoms with van der Waals surface area (Å²) >= 11 is 0. The molecule has 0 saturated heterocycles. The molecule has 0 atom stereocenters. The first-order valence-electron chi connectivity index (χ1n) is 9.49. The van der Waals surface area contributed by atoms with Gasteiger partial charge in [-0.1, -0.05) is 18.2 Å². The number of amides is 1. The SMILES string of the molecule is COc1cc2[nH]c3ncnc(-n4ccc(NC(=O)c5ccccc5)n4)c3c2cc1OC. The third-order valence-corrected chi connectivity index (χ3v) is 4.96. The Hall–Kier alpha value is -4.40. The van der Waals surface area contributed by atoms with Crippen LogP contribution in [-0.4, -0.2) is 44.9 Å². The number of hydrogen-bond acceptors (Lipinski definition) is 6. The Balaban J connectivity index is 1.57. The number of methoxy groups -OCH3 is 2. The molecule has 0 spiro atoms. The molecule has 1 amide bonds. The molecule has 0 saturated carbocycles. The fourth-order valence-electron chi connectivity index (χ4n) is 3.50. The molecule has 31 heavy (non-hydrogen) atoms. The maximum absolute atomic E-state index is 12.4. The molecule has 0 fully saturated rings. The summed E-state index contributed by atoms with van der Waals surface area (Å²) < 4.78 is 12.4. The summed E-state index contributed by atoms with van der Waals surface area (Å²) in [4.78, 5) is 24.5. The average Bonchev–Trinajstić information content (AvgIpc) is 3.42. The van der Waals surface area contributed by atoms with Crippen molar-refractivity contribution in [2.24, 2.45) is 0 Å². The number of carbonyl (C=O) groups excluding carboxylic acids is 1. The summed E-state index contributed by atoms with van der Waals surface area (Å²) in [6, 6.07) is 14.4. The summed E-state index contributed by atoms with van der Waals surface area (Å²) in [5.41, 5.74) is 2.04. The van der Waals surface area contributed by atoms with Crippen molar-refractivity contribution in [2.75, 3.05) is 19.5 Å².